The molecule has 0 radical (unpaired) electrons. The van der Waals surface area contributed by atoms with E-state index >= 15 is 0 Å². The summed E-state index contributed by atoms with van der Waals surface area (Å²) >= 11 is 0. The normalized spacial score (nSPS) is 10.1. The fraction of sp³-hybridized carbons (Fsp3) is 0.778. The summed E-state index contributed by atoms with van der Waals surface area (Å²) < 4.78 is 9.56. The molecule has 1 amide bonds. The van der Waals surface area contributed by atoms with E-state index in [0.29, 0.717) is 6.54 Å². The van der Waals surface area contributed by atoms with E-state index in [4.69, 9.17) is 9.47 Å². The van der Waals surface area contributed by atoms with E-state index in [-0.39, 0.29) is 13.2 Å². The second-order valence-corrected chi connectivity index (χ2v) is 5.62. The van der Waals surface area contributed by atoms with Crippen molar-refractivity contribution in [2.24, 2.45) is 0 Å². The molecule has 0 unspecified atom stereocenters. The second-order valence-electron chi connectivity index (χ2n) is 5.62. The van der Waals surface area contributed by atoms with Crippen LogP contribution in [-0.4, -0.2) is 31.8 Å². The molecule has 0 rings (SSSR count). The number of unbranched alkanes of at least 4 members (excludes halogenated alkanes) is 9. The number of alkyl carbamates (subject to hydrolysis) is 1. The third kappa shape index (κ3) is 16.7. The van der Waals surface area contributed by atoms with Crippen LogP contribution < -0.4 is 5.32 Å². The van der Waals surface area contributed by atoms with Gasteiger partial charge >= 0.3 is 12.1 Å². The first-order chi connectivity index (χ1) is 11.2. The maximum absolute atomic E-state index is 11.3. The molecular formula is C18H33NO4. The van der Waals surface area contributed by atoms with Gasteiger partial charge in [0.25, 0.3) is 0 Å². The van der Waals surface area contributed by atoms with Gasteiger partial charge in [0.1, 0.15) is 13.2 Å². The Morgan fingerprint density at radius 3 is 1.96 bits per heavy atom. The molecule has 0 aliphatic carbocycles. The standard InChI is InChI=1S/C18H33NO4/c1-3-5-6-7-8-9-10-11-12-13-14-19-18(21)23-16-15-22-17(20)4-2/h4H,2-3,5-16H2,1H3,(H,19,21). The number of ether oxygens (including phenoxy) is 2. The van der Waals surface area contributed by atoms with E-state index < -0.39 is 12.1 Å². The summed E-state index contributed by atoms with van der Waals surface area (Å²) in [6.07, 6.45) is 13.3. The Morgan fingerprint density at radius 1 is 0.870 bits per heavy atom. The van der Waals surface area contributed by atoms with Crippen molar-refractivity contribution in [2.45, 2.75) is 71.1 Å². The Labute approximate surface area is 140 Å². The molecule has 5 heteroatoms. The summed E-state index contributed by atoms with van der Waals surface area (Å²) in [5, 5.41) is 2.69. The zero-order valence-electron chi connectivity index (χ0n) is 14.6. The van der Waals surface area contributed by atoms with Crippen LogP contribution >= 0.6 is 0 Å². The fourth-order valence-electron chi connectivity index (χ4n) is 2.19. The van der Waals surface area contributed by atoms with Crippen LogP contribution in [0.15, 0.2) is 12.7 Å². The SMILES string of the molecule is C=CC(=O)OCCOC(=O)NCCCCCCCCCCCC. The average Bonchev–Trinajstić information content (AvgIpc) is 2.56. The Bertz CT molecular complexity index is 318. The molecule has 5 nitrogen and oxygen atoms in total. The predicted octanol–water partition coefficient (Wildman–Crippen LogP) is 4.36. The average molecular weight is 327 g/mol. The minimum absolute atomic E-state index is 0.0521. The Kier molecular flexibility index (Phi) is 15.7. The summed E-state index contributed by atoms with van der Waals surface area (Å²) in [5.74, 6) is -0.514. The van der Waals surface area contributed by atoms with Gasteiger partial charge in [0, 0.05) is 12.6 Å². The van der Waals surface area contributed by atoms with Crippen molar-refractivity contribution >= 4 is 12.1 Å². The number of nitrogens with one attached hydrogen (secondary N) is 1. The highest BCUT2D eigenvalue weighted by Gasteiger charge is 2.02. The topological polar surface area (TPSA) is 64.6 Å². The van der Waals surface area contributed by atoms with Crippen molar-refractivity contribution in [2.75, 3.05) is 19.8 Å². The number of amides is 1. The first-order valence-corrected chi connectivity index (χ1v) is 8.90. The number of hydrogen-bond acceptors (Lipinski definition) is 4. The van der Waals surface area contributed by atoms with Crippen LogP contribution in [0.5, 0.6) is 0 Å². The molecule has 0 spiro atoms. The van der Waals surface area contributed by atoms with E-state index in [1.165, 1.54) is 51.4 Å². The highest BCUT2D eigenvalue weighted by molar-refractivity contribution is 5.81. The molecule has 0 fully saturated rings. The maximum atomic E-state index is 11.3. The van der Waals surface area contributed by atoms with Crippen molar-refractivity contribution in [1.82, 2.24) is 5.32 Å². The number of carbonyl (C=O) groups is 2. The lowest BCUT2D eigenvalue weighted by Gasteiger charge is -2.07. The van der Waals surface area contributed by atoms with Crippen molar-refractivity contribution in [3.05, 3.63) is 12.7 Å². The van der Waals surface area contributed by atoms with Crippen LogP contribution in [0, 0.1) is 0 Å². The molecule has 0 atom stereocenters. The van der Waals surface area contributed by atoms with Crippen LogP contribution in [0.1, 0.15) is 71.1 Å². The summed E-state index contributed by atoms with van der Waals surface area (Å²) in [7, 11) is 0. The largest absolute Gasteiger partial charge is 0.459 e. The zero-order chi connectivity index (χ0) is 17.2. The zero-order valence-corrected chi connectivity index (χ0v) is 14.6. The highest BCUT2D eigenvalue weighted by Crippen LogP contribution is 2.10. The van der Waals surface area contributed by atoms with Crippen LogP contribution in [0.25, 0.3) is 0 Å². The molecule has 0 aromatic rings. The number of rotatable bonds is 15. The highest BCUT2D eigenvalue weighted by atomic mass is 16.6. The summed E-state index contributed by atoms with van der Waals surface area (Å²) in [6.45, 7) is 6.25. The predicted molar refractivity (Wildman–Crippen MR) is 92.4 cm³/mol. The minimum atomic E-state index is -0.514. The van der Waals surface area contributed by atoms with Gasteiger partial charge in [-0.15, -0.1) is 0 Å². The molecule has 1 N–H and O–H groups in total. The van der Waals surface area contributed by atoms with E-state index in [0.717, 1.165) is 18.9 Å². The third-order valence-electron chi connectivity index (χ3n) is 3.53. The molecule has 23 heavy (non-hydrogen) atoms. The smallest absolute Gasteiger partial charge is 0.407 e. The molecule has 0 heterocycles. The molecule has 0 saturated carbocycles. The molecule has 0 bridgehead atoms. The Morgan fingerprint density at radius 2 is 1.39 bits per heavy atom. The monoisotopic (exact) mass is 327 g/mol. The molecule has 0 aliphatic heterocycles. The number of esters is 1. The molecule has 0 saturated heterocycles. The van der Waals surface area contributed by atoms with Gasteiger partial charge in [-0.3, -0.25) is 0 Å². The van der Waals surface area contributed by atoms with Gasteiger partial charge in [0.2, 0.25) is 0 Å². The maximum Gasteiger partial charge on any atom is 0.407 e. The first kappa shape index (κ1) is 21.5. The third-order valence-corrected chi connectivity index (χ3v) is 3.53. The quantitative estimate of drug-likeness (QED) is 0.276. The molecule has 134 valence electrons. The van der Waals surface area contributed by atoms with Gasteiger partial charge in [-0.1, -0.05) is 71.3 Å². The van der Waals surface area contributed by atoms with Gasteiger partial charge < -0.3 is 14.8 Å². The Hall–Kier alpha value is -1.52. The van der Waals surface area contributed by atoms with Gasteiger partial charge in [-0.05, 0) is 6.42 Å². The molecule has 0 aromatic carbocycles. The van der Waals surface area contributed by atoms with Gasteiger partial charge in [-0.25, -0.2) is 9.59 Å². The van der Waals surface area contributed by atoms with E-state index in [9.17, 15) is 9.59 Å². The van der Waals surface area contributed by atoms with Crippen LogP contribution in [0.3, 0.4) is 0 Å². The molecular weight excluding hydrogens is 294 g/mol. The van der Waals surface area contributed by atoms with Crippen LogP contribution in [-0.2, 0) is 14.3 Å². The van der Waals surface area contributed by atoms with Gasteiger partial charge in [0.05, 0.1) is 0 Å². The molecule has 0 aromatic heterocycles. The molecule has 0 aliphatic rings. The van der Waals surface area contributed by atoms with E-state index in [1.54, 1.807) is 0 Å². The second kappa shape index (κ2) is 16.8. The van der Waals surface area contributed by atoms with Crippen molar-refractivity contribution < 1.29 is 19.1 Å². The van der Waals surface area contributed by atoms with Crippen molar-refractivity contribution in [3.63, 3.8) is 0 Å². The van der Waals surface area contributed by atoms with Crippen molar-refractivity contribution in [1.29, 1.82) is 0 Å². The number of carbonyl (C=O) groups excluding carboxylic acids is 2. The van der Waals surface area contributed by atoms with Crippen LogP contribution in [0.4, 0.5) is 4.79 Å². The van der Waals surface area contributed by atoms with E-state index in [2.05, 4.69) is 18.8 Å². The summed E-state index contributed by atoms with van der Waals surface area (Å²) in [4.78, 5) is 22.1. The summed E-state index contributed by atoms with van der Waals surface area (Å²) in [6, 6.07) is 0. The van der Waals surface area contributed by atoms with Crippen LogP contribution in [0.2, 0.25) is 0 Å². The lowest BCUT2D eigenvalue weighted by atomic mass is 10.1. The fourth-order valence-corrected chi connectivity index (χ4v) is 2.19. The Balaban J connectivity index is 3.20. The lowest BCUT2D eigenvalue weighted by Crippen LogP contribution is -2.26. The van der Waals surface area contributed by atoms with Gasteiger partial charge in [-0.2, -0.15) is 0 Å². The number of hydrogen-bond donors (Lipinski definition) is 1. The van der Waals surface area contributed by atoms with E-state index in [1.807, 2.05) is 0 Å². The lowest BCUT2D eigenvalue weighted by molar-refractivity contribution is -0.138. The minimum Gasteiger partial charge on any atom is -0.459 e. The first-order valence-electron chi connectivity index (χ1n) is 8.90. The summed E-state index contributed by atoms with van der Waals surface area (Å²) in [5.41, 5.74) is 0. The van der Waals surface area contributed by atoms with Gasteiger partial charge in [0.15, 0.2) is 0 Å². The van der Waals surface area contributed by atoms with Crippen molar-refractivity contribution in [3.8, 4) is 0 Å².